The molecule has 14 heavy (non-hydrogen) atoms. The summed E-state index contributed by atoms with van der Waals surface area (Å²) < 4.78 is 27.3. The Balaban J connectivity index is 2.92. The van der Waals surface area contributed by atoms with E-state index in [0.717, 1.165) is 4.47 Å². The summed E-state index contributed by atoms with van der Waals surface area (Å²) in [5, 5.41) is 0.332. The zero-order valence-corrected chi connectivity index (χ0v) is 8.90. The van der Waals surface area contributed by atoms with E-state index >= 15 is 0 Å². The van der Waals surface area contributed by atoms with E-state index in [4.69, 9.17) is 0 Å². The number of aromatic nitrogens is 1. The van der Waals surface area contributed by atoms with Crippen molar-refractivity contribution in [2.75, 3.05) is 0 Å². The van der Waals surface area contributed by atoms with Gasteiger partial charge in [-0.15, -0.1) is 0 Å². The van der Waals surface area contributed by atoms with Crippen LogP contribution < -0.4 is 0 Å². The molecule has 0 aliphatic heterocycles. The Bertz CT molecular complexity index is 511. The van der Waals surface area contributed by atoms with Crippen LogP contribution in [0.25, 0.3) is 10.9 Å². The van der Waals surface area contributed by atoms with Crippen LogP contribution in [0.3, 0.4) is 0 Å². The molecule has 0 atom stereocenters. The lowest BCUT2D eigenvalue weighted by molar-refractivity contribution is 0.548. The van der Waals surface area contributed by atoms with Crippen molar-refractivity contribution < 1.29 is 8.78 Å². The molecule has 0 fully saturated rings. The van der Waals surface area contributed by atoms with E-state index in [1.54, 1.807) is 18.2 Å². The van der Waals surface area contributed by atoms with Crippen LogP contribution in [0.2, 0.25) is 0 Å². The summed E-state index contributed by atoms with van der Waals surface area (Å²) in [7, 11) is 0. The second kappa shape index (κ2) is 3.28. The lowest BCUT2D eigenvalue weighted by atomic mass is 10.1. The van der Waals surface area contributed by atoms with Gasteiger partial charge in [-0.25, -0.2) is 9.37 Å². The van der Waals surface area contributed by atoms with Crippen LogP contribution in [-0.4, -0.2) is 4.98 Å². The highest BCUT2D eigenvalue weighted by molar-refractivity contribution is 9.10. The predicted molar refractivity (Wildman–Crippen MR) is 54.1 cm³/mol. The van der Waals surface area contributed by atoms with Crippen LogP contribution in [0.5, 0.6) is 0 Å². The molecule has 4 heteroatoms. The summed E-state index contributed by atoms with van der Waals surface area (Å²) in [4.78, 5) is 3.65. The maximum atomic E-state index is 13.5. The standard InChI is InChI=1S/C10H6BrF2N/c1-5-9(12)7-4-6(11)2-3-8(7)14-10(5)13/h2-4H,1H3. The first-order valence-corrected chi connectivity index (χ1v) is 4.80. The molecule has 2 rings (SSSR count). The molecule has 1 aromatic carbocycles. The van der Waals surface area contributed by atoms with Crippen molar-refractivity contribution in [3.05, 3.63) is 40.0 Å². The zero-order chi connectivity index (χ0) is 10.3. The maximum Gasteiger partial charge on any atom is 0.219 e. The van der Waals surface area contributed by atoms with Gasteiger partial charge in [0.05, 0.1) is 5.52 Å². The van der Waals surface area contributed by atoms with Gasteiger partial charge in [0.25, 0.3) is 0 Å². The molecule has 72 valence electrons. The highest BCUT2D eigenvalue weighted by atomic mass is 79.9. The third-order valence-electron chi connectivity index (χ3n) is 2.05. The van der Waals surface area contributed by atoms with Crippen molar-refractivity contribution in [2.45, 2.75) is 6.92 Å². The fourth-order valence-corrected chi connectivity index (χ4v) is 1.62. The van der Waals surface area contributed by atoms with Crippen molar-refractivity contribution in [1.29, 1.82) is 0 Å². The van der Waals surface area contributed by atoms with Crippen LogP contribution in [0.1, 0.15) is 5.56 Å². The molecule has 0 aliphatic carbocycles. The van der Waals surface area contributed by atoms with E-state index in [0.29, 0.717) is 10.9 Å². The second-order valence-corrected chi connectivity index (χ2v) is 3.92. The van der Waals surface area contributed by atoms with E-state index in [-0.39, 0.29) is 5.56 Å². The van der Waals surface area contributed by atoms with E-state index in [9.17, 15) is 8.78 Å². The Hall–Kier alpha value is -1.03. The monoisotopic (exact) mass is 257 g/mol. The van der Waals surface area contributed by atoms with Gasteiger partial charge in [0.15, 0.2) is 0 Å². The lowest BCUT2D eigenvalue weighted by Gasteiger charge is -2.03. The van der Waals surface area contributed by atoms with Crippen molar-refractivity contribution in [3.63, 3.8) is 0 Å². The molecule has 1 nitrogen and oxygen atoms in total. The van der Waals surface area contributed by atoms with Crippen LogP contribution in [0.15, 0.2) is 22.7 Å². The fraction of sp³-hybridized carbons (Fsp3) is 0.100. The number of fused-ring (bicyclic) bond motifs is 1. The van der Waals surface area contributed by atoms with Gasteiger partial charge in [-0.1, -0.05) is 15.9 Å². The first-order valence-electron chi connectivity index (χ1n) is 4.00. The Labute approximate surface area is 87.9 Å². The number of hydrogen-bond acceptors (Lipinski definition) is 1. The molecule has 0 amide bonds. The Morgan fingerprint density at radius 1 is 1.29 bits per heavy atom. The van der Waals surface area contributed by atoms with E-state index < -0.39 is 11.8 Å². The molecule has 0 bridgehead atoms. The molecule has 1 heterocycles. The van der Waals surface area contributed by atoms with Crippen molar-refractivity contribution in [2.24, 2.45) is 0 Å². The SMILES string of the molecule is Cc1c(F)nc2ccc(Br)cc2c1F. The van der Waals surface area contributed by atoms with Crippen molar-refractivity contribution in [1.82, 2.24) is 4.98 Å². The topological polar surface area (TPSA) is 12.9 Å². The average Bonchev–Trinajstić information content (AvgIpc) is 2.16. The number of benzene rings is 1. The number of hydrogen-bond donors (Lipinski definition) is 0. The predicted octanol–water partition coefficient (Wildman–Crippen LogP) is 3.58. The number of halogens is 3. The summed E-state index contributed by atoms with van der Waals surface area (Å²) in [5.41, 5.74) is 0.282. The molecule has 0 spiro atoms. The van der Waals surface area contributed by atoms with Gasteiger partial charge in [-0.3, -0.25) is 0 Å². The maximum absolute atomic E-state index is 13.5. The van der Waals surface area contributed by atoms with E-state index in [2.05, 4.69) is 20.9 Å². The minimum Gasteiger partial charge on any atom is -0.219 e. The number of nitrogens with zero attached hydrogens (tertiary/aromatic N) is 1. The molecular weight excluding hydrogens is 252 g/mol. The molecule has 0 saturated carbocycles. The Kier molecular flexibility index (Phi) is 2.23. The van der Waals surface area contributed by atoms with Crippen molar-refractivity contribution >= 4 is 26.8 Å². The third-order valence-corrected chi connectivity index (χ3v) is 2.55. The van der Waals surface area contributed by atoms with Gasteiger partial charge in [0.2, 0.25) is 5.95 Å². The smallest absolute Gasteiger partial charge is 0.219 e. The summed E-state index contributed by atoms with van der Waals surface area (Å²) in [6.07, 6.45) is 0. The summed E-state index contributed by atoms with van der Waals surface area (Å²) in [6, 6.07) is 4.86. The van der Waals surface area contributed by atoms with E-state index in [1.807, 2.05) is 0 Å². The van der Waals surface area contributed by atoms with Gasteiger partial charge in [-0.2, -0.15) is 4.39 Å². The normalized spacial score (nSPS) is 10.9. The summed E-state index contributed by atoms with van der Waals surface area (Å²) in [5.74, 6) is -1.30. The highest BCUT2D eigenvalue weighted by Crippen LogP contribution is 2.23. The molecule has 0 N–H and O–H groups in total. The second-order valence-electron chi connectivity index (χ2n) is 3.00. The quantitative estimate of drug-likeness (QED) is 0.658. The largest absolute Gasteiger partial charge is 0.219 e. The average molecular weight is 258 g/mol. The molecule has 0 unspecified atom stereocenters. The van der Waals surface area contributed by atoms with Crippen LogP contribution in [-0.2, 0) is 0 Å². The molecule has 0 saturated heterocycles. The molecule has 1 aromatic heterocycles. The minimum atomic E-state index is -0.752. The number of pyridine rings is 1. The van der Waals surface area contributed by atoms with E-state index in [1.165, 1.54) is 6.92 Å². The first-order chi connectivity index (χ1) is 6.59. The van der Waals surface area contributed by atoms with Crippen LogP contribution >= 0.6 is 15.9 Å². The van der Waals surface area contributed by atoms with Gasteiger partial charge >= 0.3 is 0 Å². The zero-order valence-electron chi connectivity index (χ0n) is 7.31. The van der Waals surface area contributed by atoms with Crippen molar-refractivity contribution in [3.8, 4) is 0 Å². The Morgan fingerprint density at radius 3 is 2.71 bits per heavy atom. The molecular formula is C10H6BrF2N. The molecule has 0 radical (unpaired) electrons. The minimum absolute atomic E-state index is 0.0457. The lowest BCUT2D eigenvalue weighted by Crippen LogP contribution is -1.95. The molecule has 2 aromatic rings. The fourth-order valence-electron chi connectivity index (χ4n) is 1.26. The van der Waals surface area contributed by atoms with Gasteiger partial charge in [-0.05, 0) is 25.1 Å². The number of rotatable bonds is 0. The van der Waals surface area contributed by atoms with Gasteiger partial charge < -0.3 is 0 Å². The molecule has 0 aliphatic rings. The van der Waals surface area contributed by atoms with Gasteiger partial charge in [0.1, 0.15) is 5.82 Å². The van der Waals surface area contributed by atoms with Gasteiger partial charge in [0, 0.05) is 15.4 Å². The third kappa shape index (κ3) is 1.39. The Morgan fingerprint density at radius 2 is 2.00 bits per heavy atom. The summed E-state index contributed by atoms with van der Waals surface area (Å²) in [6.45, 7) is 1.37. The van der Waals surface area contributed by atoms with Crippen LogP contribution in [0, 0.1) is 18.7 Å². The first kappa shape index (κ1) is 9.52. The summed E-state index contributed by atoms with van der Waals surface area (Å²) >= 11 is 3.22. The highest BCUT2D eigenvalue weighted by Gasteiger charge is 2.10. The van der Waals surface area contributed by atoms with Crippen LogP contribution in [0.4, 0.5) is 8.78 Å².